The van der Waals surface area contributed by atoms with Gasteiger partial charge in [0.25, 0.3) is 0 Å². The minimum absolute atomic E-state index is 0. The molecule has 0 heterocycles. The lowest BCUT2D eigenvalue weighted by Crippen LogP contribution is -2.25. The summed E-state index contributed by atoms with van der Waals surface area (Å²) in [5.41, 5.74) is 6.11. The predicted molar refractivity (Wildman–Crippen MR) is 90.5 cm³/mol. The smallest absolute Gasteiger partial charge is 0.404 e. The Morgan fingerprint density at radius 1 is 1.41 bits per heavy atom. The maximum absolute atomic E-state index is 12.3. The van der Waals surface area contributed by atoms with Gasteiger partial charge in [0.1, 0.15) is 0 Å². The Morgan fingerprint density at radius 3 is 2.55 bits per heavy atom. The summed E-state index contributed by atoms with van der Waals surface area (Å²) in [6, 6.07) is 5.70. The summed E-state index contributed by atoms with van der Waals surface area (Å²) in [5.74, 6) is 0.213. The average Bonchev–Trinajstić information content (AvgIpc) is 2.95. The first kappa shape index (κ1) is 18.9. The van der Waals surface area contributed by atoms with Gasteiger partial charge in [-0.15, -0.1) is 37.1 Å². The van der Waals surface area contributed by atoms with Gasteiger partial charge in [-0.25, -0.2) is 0 Å². The molecule has 1 saturated carbocycles. The fourth-order valence-corrected chi connectivity index (χ4v) is 2.06. The maximum Gasteiger partial charge on any atom is 0.573 e. The number of nitrogens with zero attached hydrogens (tertiary/aromatic N) is 1. The molecule has 0 aromatic heterocycles. The third kappa shape index (κ3) is 5.54. The number of rotatable bonds is 4. The van der Waals surface area contributed by atoms with Crippen molar-refractivity contribution in [2.24, 2.45) is 22.1 Å². The molecular formula is C14H19F3IN3O. The van der Waals surface area contributed by atoms with Crippen LogP contribution in [0.25, 0.3) is 0 Å². The molecule has 1 aliphatic carbocycles. The van der Waals surface area contributed by atoms with Crippen LogP contribution in [0.15, 0.2) is 29.3 Å². The number of ether oxygens (including phenoxy) is 1. The number of para-hydroxylation sites is 2. The molecule has 8 heteroatoms. The largest absolute Gasteiger partial charge is 0.573 e. The summed E-state index contributed by atoms with van der Waals surface area (Å²) in [7, 11) is 0. The number of nitrogens with one attached hydrogen (secondary N) is 1. The van der Waals surface area contributed by atoms with Crippen molar-refractivity contribution in [3.63, 3.8) is 0 Å². The standard InChI is InChI=1S/C14H18F3N3O.HI/c1-13(2)7-9(13)8-19-12(18)20-10-5-3-4-6-11(10)21-14(15,16)17;/h3-6,9H,7-8H2,1-2H3,(H3,18,19,20);1H. The molecule has 0 bridgehead atoms. The molecule has 4 nitrogen and oxygen atoms in total. The summed E-state index contributed by atoms with van der Waals surface area (Å²) in [6.45, 7) is 4.85. The molecule has 124 valence electrons. The van der Waals surface area contributed by atoms with E-state index >= 15 is 0 Å². The number of guanidine groups is 1. The molecule has 0 radical (unpaired) electrons. The van der Waals surface area contributed by atoms with E-state index in [1.54, 1.807) is 6.07 Å². The first-order valence-electron chi connectivity index (χ1n) is 6.59. The quantitative estimate of drug-likeness (QED) is 0.433. The number of hydrogen-bond donors (Lipinski definition) is 2. The van der Waals surface area contributed by atoms with Gasteiger partial charge < -0.3 is 15.8 Å². The summed E-state index contributed by atoms with van der Waals surface area (Å²) >= 11 is 0. The van der Waals surface area contributed by atoms with Gasteiger partial charge in [0.2, 0.25) is 0 Å². The van der Waals surface area contributed by atoms with Crippen LogP contribution in [0.4, 0.5) is 18.9 Å². The number of aliphatic imine (C=N–C) groups is 1. The highest BCUT2D eigenvalue weighted by Gasteiger charge is 2.45. The van der Waals surface area contributed by atoms with Crippen molar-refractivity contribution in [2.45, 2.75) is 26.6 Å². The van der Waals surface area contributed by atoms with Crippen LogP contribution in [0.1, 0.15) is 20.3 Å². The third-order valence-corrected chi connectivity index (χ3v) is 3.58. The monoisotopic (exact) mass is 429 g/mol. The summed E-state index contributed by atoms with van der Waals surface area (Å²) in [6.07, 6.45) is -3.67. The number of nitrogens with two attached hydrogens (primary N) is 1. The molecule has 0 amide bonds. The SMILES string of the molecule is CC1(C)CC1CN=C(N)Nc1ccccc1OC(F)(F)F.I. The Kier molecular flexibility index (Phi) is 5.94. The van der Waals surface area contributed by atoms with E-state index in [0.29, 0.717) is 12.5 Å². The van der Waals surface area contributed by atoms with Gasteiger partial charge in [0, 0.05) is 6.54 Å². The van der Waals surface area contributed by atoms with Gasteiger partial charge in [0.05, 0.1) is 5.69 Å². The fourth-order valence-electron chi connectivity index (χ4n) is 2.06. The van der Waals surface area contributed by atoms with Crippen molar-refractivity contribution in [3.8, 4) is 5.75 Å². The lowest BCUT2D eigenvalue weighted by Gasteiger charge is -2.14. The van der Waals surface area contributed by atoms with E-state index in [9.17, 15) is 13.2 Å². The molecule has 0 saturated heterocycles. The minimum Gasteiger partial charge on any atom is -0.404 e. The highest BCUT2D eigenvalue weighted by atomic mass is 127. The van der Waals surface area contributed by atoms with Crippen molar-refractivity contribution >= 4 is 35.6 Å². The van der Waals surface area contributed by atoms with E-state index in [1.807, 2.05) is 0 Å². The van der Waals surface area contributed by atoms with Crippen LogP contribution in [0.3, 0.4) is 0 Å². The Morgan fingerprint density at radius 2 is 2.00 bits per heavy atom. The van der Waals surface area contributed by atoms with Crippen LogP contribution in [0.5, 0.6) is 5.75 Å². The Balaban J connectivity index is 0.00000242. The van der Waals surface area contributed by atoms with Crippen LogP contribution >= 0.6 is 24.0 Å². The third-order valence-electron chi connectivity index (χ3n) is 3.58. The van der Waals surface area contributed by atoms with Crippen LogP contribution in [-0.2, 0) is 0 Å². The second-order valence-electron chi connectivity index (χ2n) is 5.78. The number of benzene rings is 1. The normalized spacial score (nSPS) is 20.0. The van der Waals surface area contributed by atoms with Crippen LogP contribution in [0, 0.1) is 11.3 Å². The van der Waals surface area contributed by atoms with Gasteiger partial charge in [-0.3, -0.25) is 4.99 Å². The minimum atomic E-state index is -4.75. The highest BCUT2D eigenvalue weighted by Crippen LogP contribution is 2.51. The zero-order valence-corrected chi connectivity index (χ0v) is 14.6. The Bertz CT molecular complexity index is 546. The fraction of sp³-hybridized carbons (Fsp3) is 0.500. The molecule has 1 aromatic carbocycles. The van der Waals surface area contributed by atoms with Crippen molar-refractivity contribution in [1.29, 1.82) is 0 Å². The molecule has 0 aliphatic heterocycles. The van der Waals surface area contributed by atoms with Crippen molar-refractivity contribution in [3.05, 3.63) is 24.3 Å². The summed E-state index contributed by atoms with van der Waals surface area (Å²) in [4.78, 5) is 4.16. The molecule has 2 rings (SSSR count). The maximum atomic E-state index is 12.3. The van der Waals surface area contributed by atoms with Crippen LogP contribution < -0.4 is 15.8 Å². The molecule has 1 atom stereocenters. The number of alkyl halides is 3. The van der Waals surface area contributed by atoms with Gasteiger partial charge in [0.15, 0.2) is 11.7 Å². The molecular weight excluding hydrogens is 410 g/mol. The zero-order chi connectivity index (χ0) is 15.7. The molecule has 1 unspecified atom stereocenters. The van der Waals surface area contributed by atoms with Gasteiger partial charge in [-0.05, 0) is 29.9 Å². The second-order valence-corrected chi connectivity index (χ2v) is 5.78. The topological polar surface area (TPSA) is 59.6 Å². The number of anilines is 1. The Hall–Kier alpha value is -1.19. The second kappa shape index (κ2) is 6.93. The molecule has 0 spiro atoms. The molecule has 1 aliphatic rings. The van der Waals surface area contributed by atoms with Gasteiger partial charge >= 0.3 is 6.36 Å². The predicted octanol–water partition coefficient (Wildman–Crippen LogP) is 3.98. The van der Waals surface area contributed by atoms with E-state index in [1.165, 1.54) is 18.2 Å². The molecule has 22 heavy (non-hydrogen) atoms. The van der Waals surface area contributed by atoms with E-state index in [0.717, 1.165) is 6.42 Å². The molecule has 1 fully saturated rings. The molecule has 1 aromatic rings. The van der Waals surface area contributed by atoms with Crippen LogP contribution in [0.2, 0.25) is 0 Å². The van der Waals surface area contributed by atoms with E-state index in [2.05, 4.69) is 28.9 Å². The van der Waals surface area contributed by atoms with Crippen molar-refractivity contribution in [2.75, 3.05) is 11.9 Å². The lowest BCUT2D eigenvalue weighted by atomic mass is 10.1. The first-order chi connectivity index (χ1) is 9.67. The average molecular weight is 429 g/mol. The first-order valence-corrected chi connectivity index (χ1v) is 6.59. The summed E-state index contributed by atoms with van der Waals surface area (Å²) < 4.78 is 40.8. The number of halogens is 4. The zero-order valence-electron chi connectivity index (χ0n) is 12.3. The molecule has 3 N–H and O–H groups in total. The highest BCUT2D eigenvalue weighted by molar-refractivity contribution is 14.0. The van der Waals surface area contributed by atoms with E-state index in [4.69, 9.17) is 5.73 Å². The van der Waals surface area contributed by atoms with Crippen molar-refractivity contribution in [1.82, 2.24) is 0 Å². The van der Waals surface area contributed by atoms with E-state index < -0.39 is 6.36 Å². The van der Waals surface area contributed by atoms with Gasteiger partial charge in [-0.2, -0.15) is 0 Å². The van der Waals surface area contributed by atoms with Crippen LogP contribution in [-0.4, -0.2) is 18.9 Å². The van der Waals surface area contributed by atoms with E-state index in [-0.39, 0.29) is 46.8 Å². The lowest BCUT2D eigenvalue weighted by molar-refractivity contribution is -0.274. The summed E-state index contributed by atoms with van der Waals surface area (Å²) in [5, 5.41) is 2.65. The van der Waals surface area contributed by atoms with Crippen molar-refractivity contribution < 1.29 is 17.9 Å². The number of hydrogen-bond acceptors (Lipinski definition) is 2. The Labute approximate surface area is 144 Å². The van der Waals surface area contributed by atoms with Gasteiger partial charge in [-0.1, -0.05) is 26.0 Å².